The largest absolute Gasteiger partial charge is 0.388 e. The highest BCUT2D eigenvalue weighted by Gasteiger charge is 2.12. The summed E-state index contributed by atoms with van der Waals surface area (Å²) < 4.78 is 11.4. The zero-order valence-electron chi connectivity index (χ0n) is 13.7. The van der Waals surface area contributed by atoms with E-state index in [0.29, 0.717) is 0 Å². The molecule has 0 radical (unpaired) electrons. The van der Waals surface area contributed by atoms with Gasteiger partial charge in [0, 0.05) is 31.5 Å². The average molecular weight is 333 g/mol. The van der Waals surface area contributed by atoms with Gasteiger partial charge >= 0.3 is 0 Å². The summed E-state index contributed by atoms with van der Waals surface area (Å²) in [5, 5.41) is 3.14. The van der Waals surface area contributed by atoms with Crippen molar-refractivity contribution in [2.45, 2.75) is 0 Å². The fourth-order valence-corrected chi connectivity index (χ4v) is 2.65. The molecular weight excluding hydrogens is 304 g/mol. The maximum Gasteiger partial charge on any atom is 0.140 e. The highest BCUT2D eigenvalue weighted by molar-refractivity contribution is 7.91. The minimum absolute atomic E-state index is 0.0269. The highest BCUT2D eigenvalue weighted by atomic mass is 32.2. The van der Waals surface area contributed by atoms with E-state index in [9.17, 15) is 0 Å². The summed E-state index contributed by atoms with van der Waals surface area (Å²) in [6, 6.07) is 8.47. The maximum absolute atomic E-state index is 5.70. The standard InChI is InChI=1S/C15H28N2O2S2/c1-16-14-6-8-15(9-7-14)17(10-12-18-20(2)3)11-13-19-21(4)5/h6-9,16H,10-13H2,1-5H3/q+2. The molecule has 21 heavy (non-hydrogen) atoms. The molecule has 0 bridgehead atoms. The fraction of sp³-hybridized carbons (Fsp3) is 0.600. The molecule has 0 aliphatic heterocycles. The van der Waals surface area contributed by atoms with Crippen LogP contribution in [0.4, 0.5) is 11.4 Å². The molecule has 0 saturated heterocycles. The first-order valence-electron chi connectivity index (χ1n) is 6.97. The van der Waals surface area contributed by atoms with Crippen LogP contribution in [0.2, 0.25) is 0 Å². The summed E-state index contributed by atoms with van der Waals surface area (Å²) in [4.78, 5) is 2.32. The van der Waals surface area contributed by atoms with Gasteiger partial charge in [-0.2, -0.15) is 8.37 Å². The van der Waals surface area contributed by atoms with E-state index in [1.807, 2.05) is 7.05 Å². The predicted octanol–water partition coefficient (Wildman–Crippen LogP) is 2.15. The second kappa shape index (κ2) is 10.2. The van der Waals surface area contributed by atoms with Crippen LogP contribution in [-0.2, 0) is 30.7 Å². The monoisotopic (exact) mass is 332 g/mol. The van der Waals surface area contributed by atoms with Gasteiger partial charge in [0.15, 0.2) is 0 Å². The minimum atomic E-state index is 0.0269. The molecule has 1 aromatic rings. The van der Waals surface area contributed by atoms with Gasteiger partial charge in [-0.05, 0) is 24.3 Å². The van der Waals surface area contributed by atoms with Crippen LogP contribution >= 0.6 is 0 Å². The fourth-order valence-electron chi connectivity index (χ4n) is 1.84. The summed E-state index contributed by atoms with van der Waals surface area (Å²) in [5.74, 6) is 0. The molecule has 0 heterocycles. The lowest BCUT2D eigenvalue weighted by atomic mass is 10.2. The molecule has 0 fully saturated rings. The van der Waals surface area contributed by atoms with E-state index in [1.54, 1.807) is 0 Å². The van der Waals surface area contributed by atoms with Gasteiger partial charge in [-0.15, -0.1) is 0 Å². The molecule has 1 N–H and O–H groups in total. The Balaban J connectivity index is 2.59. The lowest BCUT2D eigenvalue weighted by molar-refractivity contribution is 0.347. The Morgan fingerprint density at radius 1 is 0.905 bits per heavy atom. The summed E-state index contributed by atoms with van der Waals surface area (Å²) in [6.45, 7) is 3.25. The zero-order chi connectivity index (χ0) is 15.7. The maximum atomic E-state index is 5.70. The van der Waals surface area contributed by atoms with Crippen LogP contribution in [-0.4, -0.2) is 58.4 Å². The van der Waals surface area contributed by atoms with E-state index in [-0.39, 0.29) is 22.4 Å². The minimum Gasteiger partial charge on any atom is -0.388 e. The molecule has 0 atom stereocenters. The van der Waals surface area contributed by atoms with Crippen molar-refractivity contribution in [3.63, 3.8) is 0 Å². The molecule has 1 aromatic carbocycles. The quantitative estimate of drug-likeness (QED) is 0.666. The number of benzene rings is 1. The summed E-state index contributed by atoms with van der Waals surface area (Å²) >= 11 is 0.0539. The van der Waals surface area contributed by atoms with Crippen molar-refractivity contribution in [1.29, 1.82) is 0 Å². The Labute approximate surface area is 135 Å². The molecule has 0 amide bonds. The van der Waals surface area contributed by atoms with Gasteiger partial charge in [0.2, 0.25) is 0 Å². The van der Waals surface area contributed by atoms with Crippen LogP contribution in [0.1, 0.15) is 0 Å². The van der Waals surface area contributed by atoms with E-state index >= 15 is 0 Å². The molecular formula is C15H28N2O2S2+2. The molecule has 0 aliphatic carbocycles. The van der Waals surface area contributed by atoms with E-state index in [2.05, 4.69) is 59.5 Å². The third kappa shape index (κ3) is 7.85. The van der Waals surface area contributed by atoms with Gasteiger partial charge in [0.25, 0.3) is 0 Å². The lowest BCUT2D eigenvalue weighted by Crippen LogP contribution is -2.31. The normalized spacial score (nSPS) is 11.2. The Morgan fingerprint density at radius 2 is 1.38 bits per heavy atom. The SMILES string of the molecule is CNc1ccc(N(CCO[S+](C)C)CCO[S+](C)C)cc1. The summed E-state index contributed by atoms with van der Waals surface area (Å²) in [6.07, 6.45) is 8.37. The van der Waals surface area contributed by atoms with Crippen LogP contribution in [0.15, 0.2) is 24.3 Å². The van der Waals surface area contributed by atoms with Crippen molar-refractivity contribution >= 4 is 33.7 Å². The third-order valence-corrected chi connectivity index (χ3v) is 4.16. The zero-order valence-corrected chi connectivity index (χ0v) is 15.4. The van der Waals surface area contributed by atoms with Gasteiger partial charge in [-0.3, -0.25) is 0 Å². The number of rotatable bonds is 10. The number of nitrogens with one attached hydrogen (secondary N) is 1. The van der Waals surface area contributed by atoms with Crippen LogP contribution in [0.5, 0.6) is 0 Å². The molecule has 1 rings (SSSR count). The second-order valence-corrected chi connectivity index (χ2v) is 8.35. The van der Waals surface area contributed by atoms with Crippen molar-refractivity contribution in [1.82, 2.24) is 0 Å². The van der Waals surface area contributed by atoms with Gasteiger partial charge in [0.05, 0.1) is 0 Å². The molecule has 0 aliphatic rings. The summed E-state index contributed by atoms with van der Waals surface area (Å²) in [5.41, 5.74) is 2.33. The molecule has 0 aromatic heterocycles. The smallest absolute Gasteiger partial charge is 0.140 e. The number of hydrogen-bond donors (Lipinski definition) is 1. The van der Waals surface area contributed by atoms with Gasteiger partial charge in [0.1, 0.15) is 60.6 Å². The van der Waals surface area contributed by atoms with Crippen LogP contribution in [0.25, 0.3) is 0 Å². The lowest BCUT2D eigenvalue weighted by Gasteiger charge is -2.23. The Kier molecular flexibility index (Phi) is 8.99. The Hall–Kier alpha value is -0.560. The van der Waals surface area contributed by atoms with Crippen molar-refractivity contribution in [2.75, 3.05) is 68.6 Å². The first-order chi connectivity index (χ1) is 10.0. The van der Waals surface area contributed by atoms with Gasteiger partial charge in [-0.25, -0.2) is 0 Å². The second-order valence-electron chi connectivity index (χ2n) is 4.91. The van der Waals surface area contributed by atoms with Gasteiger partial charge < -0.3 is 10.2 Å². The Morgan fingerprint density at radius 3 is 1.76 bits per heavy atom. The van der Waals surface area contributed by atoms with Crippen LogP contribution in [0.3, 0.4) is 0 Å². The summed E-state index contributed by atoms with van der Waals surface area (Å²) in [7, 11) is 1.93. The predicted molar refractivity (Wildman–Crippen MR) is 98.5 cm³/mol. The molecule has 0 spiro atoms. The van der Waals surface area contributed by atoms with E-state index in [4.69, 9.17) is 8.37 Å². The number of hydrogen-bond acceptors (Lipinski definition) is 4. The van der Waals surface area contributed by atoms with Crippen molar-refractivity contribution in [3.8, 4) is 0 Å². The Bertz CT molecular complexity index is 372. The molecule has 0 saturated carbocycles. The topological polar surface area (TPSA) is 33.7 Å². The molecule has 120 valence electrons. The number of nitrogens with zero attached hydrogens (tertiary/aromatic N) is 1. The average Bonchev–Trinajstić information content (AvgIpc) is 2.45. The highest BCUT2D eigenvalue weighted by Crippen LogP contribution is 2.17. The third-order valence-electron chi connectivity index (χ3n) is 2.88. The van der Waals surface area contributed by atoms with E-state index in [1.165, 1.54) is 5.69 Å². The van der Waals surface area contributed by atoms with Crippen LogP contribution < -0.4 is 10.2 Å². The first-order valence-corrected chi connectivity index (χ1v) is 10.9. The van der Waals surface area contributed by atoms with Crippen molar-refractivity contribution < 1.29 is 8.37 Å². The molecule has 0 unspecified atom stereocenters. The molecule has 4 nitrogen and oxygen atoms in total. The number of anilines is 2. The van der Waals surface area contributed by atoms with E-state index < -0.39 is 0 Å². The molecule has 6 heteroatoms. The van der Waals surface area contributed by atoms with Crippen LogP contribution in [0, 0.1) is 0 Å². The van der Waals surface area contributed by atoms with Gasteiger partial charge in [-0.1, -0.05) is 0 Å². The van der Waals surface area contributed by atoms with Crippen molar-refractivity contribution in [2.24, 2.45) is 0 Å². The van der Waals surface area contributed by atoms with Crippen molar-refractivity contribution in [3.05, 3.63) is 24.3 Å². The van der Waals surface area contributed by atoms with E-state index in [0.717, 1.165) is 32.0 Å². The first kappa shape index (κ1) is 18.5.